The van der Waals surface area contributed by atoms with Gasteiger partial charge in [-0.1, -0.05) is 0 Å². The van der Waals surface area contributed by atoms with Crippen LogP contribution in [0.3, 0.4) is 0 Å². The van der Waals surface area contributed by atoms with Gasteiger partial charge in [0.05, 0.1) is 0 Å². The van der Waals surface area contributed by atoms with Crippen molar-refractivity contribution in [2.75, 3.05) is 19.8 Å². The number of aliphatic imine (C=N–C) groups is 1. The number of ether oxygens (including phenoxy) is 1. The van der Waals surface area contributed by atoms with Crippen LogP contribution in [-0.2, 0) is 4.74 Å². The summed E-state index contributed by atoms with van der Waals surface area (Å²) in [4.78, 5) is 3.94. The standard InChI is InChI=1S/C7H15N3O2/c8-7(10-11)9-5-6-1-3-12-4-2-6/h6,11H,1-5H2,(H3,8,9,10). The van der Waals surface area contributed by atoms with Crippen molar-refractivity contribution in [3.8, 4) is 0 Å². The van der Waals surface area contributed by atoms with E-state index >= 15 is 0 Å². The van der Waals surface area contributed by atoms with E-state index < -0.39 is 0 Å². The third-order valence-electron chi connectivity index (χ3n) is 1.98. The van der Waals surface area contributed by atoms with Gasteiger partial charge in [0.25, 0.3) is 0 Å². The van der Waals surface area contributed by atoms with E-state index in [4.69, 9.17) is 15.7 Å². The van der Waals surface area contributed by atoms with Crippen molar-refractivity contribution >= 4 is 5.96 Å². The lowest BCUT2D eigenvalue weighted by Crippen LogP contribution is -2.29. The summed E-state index contributed by atoms with van der Waals surface area (Å²) >= 11 is 0. The lowest BCUT2D eigenvalue weighted by molar-refractivity contribution is 0.0688. The number of nitrogens with zero attached hydrogens (tertiary/aromatic N) is 1. The molecule has 1 aliphatic rings. The van der Waals surface area contributed by atoms with Gasteiger partial charge in [-0.3, -0.25) is 10.2 Å². The Morgan fingerprint density at radius 2 is 2.25 bits per heavy atom. The fourth-order valence-electron chi connectivity index (χ4n) is 1.19. The van der Waals surface area contributed by atoms with Crippen LogP contribution in [0.1, 0.15) is 12.8 Å². The maximum atomic E-state index is 8.33. The molecule has 1 heterocycles. The second kappa shape index (κ2) is 4.95. The van der Waals surface area contributed by atoms with E-state index in [1.54, 1.807) is 5.48 Å². The van der Waals surface area contributed by atoms with Crippen LogP contribution in [0.4, 0.5) is 0 Å². The molecule has 0 atom stereocenters. The molecule has 1 aliphatic heterocycles. The van der Waals surface area contributed by atoms with Crippen LogP contribution in [0.25, 0.3) is 0 Å². The molecular weight excluding hydrogens is 158 g/mol. The zero-order valence-corrected chi connectivity index (χ0v) is 6.99. The monoisotopic (exact) mass is 173 g/mol. The Morgan fingerprint density at radius 3 is 2.83 bits per heavy atom. The van der Waals surface area contributed by atoms with E-state index in [-0.39, 0.29) is 5.96 Å². The molecule has 1 saturated heterocycles. The molecule has 0 spiro atoms. The number of guanidine groups is 1. The zero-order valence-electron chi connectivity index (χ0n) is 6.99. The molecule has 1 fully saturated rings. The Labute approximate surface area is 71.6 Å². The van der Waals surface area contributed by atoms with Crippen LogP contribution < -0.4 is 11.2 Å². The molecule has 0 saturated carbocycles. The number of hydrogen-bond donors (Lipinski definition) is 3. The first-order valence-corrected chi connectivity index (χ1v) is 4.10. The number of hydrogen-bond acceptors (Lipinski definition) is 3. The molecule has 5 nitrogen and oxygen atoms in total. The molecule has 0 aliphatic carbocycles. The molecule has 5 heteroatoms. The molecule has 0 aromatic carbocycles. The van der Waals surface area contributed by atoms with Crippen LogP contribution in [-0.4, -0.2) is 30.9 Å². The van der Waals surface area contributed by atoms with Crippen molar-refractivity contribution < 1.29 is 9.94 Å². The van der Waals surface area contributed by atoms with E-state index in [9.17, 15) is 0 Å². The summed E-state index contributed by atoms with van der Waals surface area (Å²) in [6, 6.07) is 0. The smallest absolute Gasteiger partial charge is 0.212 e. The van der Waals surface area contributed by atoms with Gasteiger partial charge in [0.2, 0.25) is 5.96 Å². The zero-order chi connectivity index (χ0) is 8.81. The molecule has 70 valence electrons. The highest BCUT2D eigenvalue weighted by atomic mass is 16.5. The van der Waals surface area contributed by atoms with Gasteiger partial charge in [-0.15, -0.1) is 0 Å². The van der Waals surface area contributed by atoms with E-state index in [1.165, 1.54) is 0 Å². The summed E-state index contributed by atoms with van der Waals surface area (Å²) in [5.74, 6) is 0.632. The largest absolute Gasteiger partial charge is 0.381 e. The first kappa shape index (κ1) is 9.28. The molecular formula is C7H15N3O2. The second-order valence-corrected chi connectivity index (χ2v) is 2.89. The van der Waals surface area contributed by atoms with Crippen molar-refractivity contribution in [3.63, 3.8) is 0 Å². The van der Waals surface area contributed by atoms with Crippen LogP contribution >= 0.6 is 0 Å². The van der Waals surface area contributed by atoms with Gasteiger partial charge < -0.3 is 10.5 Å². The SMILES string of the molecule is NC(=NCC1CCOCC1)NO. The van der Waals surface area contributed by atoms with E-state index in [1.807, 2.05) is 0 Å². The number of hydroxylamine groups is 1. The van der Waals surface area contributed by atoms with Gasteiger partial charge in [0.1, 0.15) is 0 Å². The van der Waals surface area contributed by atoms with E-state index in [0.29, 0.717) is 12.5 Å². The molecule has 1 rings (SSSR count). The van der Waals surface area contributed by atoms with Crippen molar-refractivity contribution in [3.05, 3.63) is 0 Å². The predicted octanol–water partition coefficient (Wildman–Crippen LogP) is -0.294. The maximum Gasteiger partial charge on any atom is 0.212 e. The van der Waals surface area contributed by atoms with E-state index in [0.717, 1.165) is 26.1 Å². The highest BCUT2D eigenvalue weighted by Gasteiger charge is 2.12. The van der Waals surface area contributed by atoms with Gasteiger partial charge in [0.15, 0.2) is 0 Å². The van der Waals surface area contributed by atoms with Gasteiger partial charge in [0, 0.05) is 19.8 Å². The first-order valence-electron chi connectivity index (χ1n) is 4.10. The Bertz CT molecular complexity index is 155. The van der Waals surface area contributed by atoms with Gasteiger partial charge in [-0.25, -0.2) is 5.48 Å². The van der Waals surface area contributed by atoms with Gasteiger partial charge >= 0.3 is 0 Å². The molecule has 0 aromatic rings. The number of nitrogens with one attached hydrogen (secondary N) is 1. The normalized spacial score (nSPS) is 20.9. The molecule has 0 bridgehead atoms. The second-order valence-electron chi connectivity index (χ2n) is 2.89. The molecule has 0 aromatic heterocycles. The molecule has 0 amide bonds. The summed E-state index contributed by atoms with van der Waals surface area (Å²) in [6.07, 6.45) is 2.06. The fraction of sp³-hybridized carbons (Fsp3) is 0.857. The van der Waals surface area contributed by atoms with Gasteiger partial charge in [-0.2, -0.15) is 0 Å². The summed E-state index contributed by atoms with van der Waals surface area (Å²) in [5, 5.41) is 8.33. The Hall–Kier alpha value is -0.810. The summed E-state index contributed by atoms with van der Waals surface area (Å²) < 4.78 is 5.19. The predicted molar refractivity (Wildman–Crippen MR) is 45.0 cm³/mol. The average molecular weight is 173 g/mol. The highest BCUT2D eigenvalue weighted by Crippen LogP contribution is 2.14. The highest BCUT2D eigenvalue weighted by molar-refractivity contribution is 5.76. The fourth-order valence-corrected chi connectivity index (χ4v) is 1.19. The van der Waals surface area contributed by atoms with Gasteiger partial charge in [-0.05, 0) is 18.8 Å². The average Bonchev–Trinajstić information content (AvgIpc) is 2.16. The van der Waals surface area contributed by atoms with Crippen molar-refractivity contribution in [1.29, 1.82) is 0 Å². The topological polar surface area (TPSA) is 79.9 Å². The van der Waals surface area contributed by atoms with Crippen LogP contribution in [0.5, 0.6) is 0 Å². The Kier molecular flexibility index (Phi) is 3.83. The number of nitrogens with two attached hydrogens (primary N) is 1. The van der Waals surface area contributed by atoms with Crippen LogP contribution in [0.15, 0.2) is 4.99 Å². The quantitative estimate of drug-likeness (QED) is 0.304. The summed E-state index contributed by atoms with van der Waals surface area (Å²) in [5.41, 5.74) is 7.05. The molecule has 0 radical (unpaired) electrons. The Morgan fingerprint density at radius 1 is 1.58 bits per heavy atom. The number of rotatable bonds is 2. The third-order valence-corrected chi connectivity index (χ3v) is 1.98. The minimum absolute atomic E-state index is 0.0847. The summed E-state index contributed by atoms with van der Waals surface area (Å²) in [6.45, 7) is 2.29. The lowest BCUT2D eigenvalue weighted by atomic mass is 10.0. The molecule has 12 heavy (non-hydrogen) atoms. The Balaban J connectivity index is 2.21. The minimum atomic E-state index is 0.0847. The lowest BCUT2D eigenvalue weighted by Gasteiger charge is -2.19. The minimum Gasteiger partial charge on any atom is -0.381 e. The van der Waals surface area contributed by atoms with E-state index in [2.05, 4.69) is 4.99 Å². The van der Waals surface area contributed by atoms with Crippen molar-refractivity contribution in [2.24, 2.45) is 16.6 Å². The maximum absolute atomic E-state index is 8.33. The van der Waals surface area contributed by atoms with Crippen molar-refractivity contribution in [1.82, 2.24) is 5.48 Å². The van der Waals surface area contributed by atoms with Crippen LogP contribution in [0.2, 0.25) is 0 Å². The van der Waals surface area contributed by atoms with Crippen LogP contribution in [0, 0.1) is 5.92 Å². The molecule has 4 N–H and O–H groups in total. The molecule has 0 unspecified atom stereocenters. The first-order chi connectivity index (χ1) is 5.83. The van der Waals surface area contributed by atoms with Crippen molar-refractivity contribution in [2.45, 2.75) is 12.8 Å². The summed E-state index contributed by atoms with van der Waals surface area (Å²) in [7, 11) is 0. The third kappa shape index (κ3) is 3.06.